The maximum atomic E-state index is 10.7. The Morgan fingerprint density at radius 1 is 1.42 bits per heavy atom. The minimum atomic E-state index is -0.496. The van der Waals surface area contributed by atoms with Crippen molar-refractivity contribution in [1.82, 2.24) is 0 Å². The van der Waals surface area contributed by atoms with E-state index >= 15 is 0 Å². The maximum absolute atomic E-state index is 10.7. The Bertz CT molecular complexity index is 187. The van der Waals surface area contributed by atoms with Gasteiger partial charge in [0.05, 0.1) is 0 Å². The van der Waals surface area contributed by atoms with Crippen LogP contribution in [0, 0.1) is 0 Å². The molecule has 0 aromatic carbocycles. The summed E-state index contributed by atoms with van der Waals surface area (Å²) in [4.78, 5) is 21.1. The number of hydrogen-bond acceptors (Lipinski definition) is 4. The van der Waals surface area contributed by atoms with Crippen molar-refractivity contribution in [3.8, 4) is 0 Å². The highest BCUT2D eigenvalue weighted by molar-refractivity contribution is 5.94. The predicted octanol–water partition coefficient (Wildman–Crippen LogP) is 0.0236. The molecule has 4 heteroatoms. The van der Waals surface area contributed by atoms with Crippen molar-refractivity contribution in [2.75, 3.05) is 13.2 Å². The number of carbonyl (C=O) groups is 2. The van der Waals surface area contributed by atoms with Gasteiger partial charge in [0.1, 0.15) is 18.8 Å². The van der Waals surface area contributed by atoms with Gasteiger partial charge in [0.15, 0.2) is 0 Å². The second-order valence-electron chi connectivity index (χ2n) is 2.27. The van der Waals surface area contributed by atoms with E-state index in [1.807, 2.05) is 0 Å². The molecular weight excluding hydrogens is 158 g/mol. The van der Waals surface area contributed by atoms with Gasteiger partial charge >= 0.3 is 5.97 Å². The number of ketones is 1. The third-order valence-corrected chi connectivity index (χ3v) is 1.04. The Kier molecular flexibility index (Phi) is 5.91. The first kappa shape index (κ1) is 10.8. The summed E-state index contributed by atoms with van der Waals surface area (Å²) in [6, 6.07) is 0. The molecule has 0 aliphatic heterocycles. The first-order chi connectivity index (χ1) is 5.66. The molecular formula is C8H13NO3. The third-order valence-electron chi connectivity index (χ3n) is 1.04. The van der Waals surface area contributed by atoms with Crippen LogP contribution in [0.5, 0.6) is 0 Å². The van der Waals surface area contributed by atoms with E-state index in [2.05, 4.69) is 4.74 Å². The van der Waals surface area contributed by atoms with Gasteiger partial charge in [-0.05, 0) is 13.0 Å². The maximum Gasteiger partial charge on any atom is 0.313 e. The first-order valence-corrected chi connectivity index (χ1v) is 3.67. The summed E-state index contributed by atoms with van der Waals surface area (Å²) < 4.78 is 4.65. The van der Waals surface area contributed by atoms with Crippen LogP contribution < -0.4 is 5.73 Å². The second-order valence-corrected chi connectivity index (χ2v) is 2.27. The van der Waals surface area contributed by atoms with E-state index < -0.39 is 5.97 Å². The van der Waals surface area contributed by atoms with Crippen LogP contribution in [0.1, 0.15) is 13.3 Å². The Morgan fingerprint density at radius 3 is 2.58 bits per heavy atom. The second kappa shape index (κ2) is 6.54. The lowest BCUT2D eigenvalue weighted by Crippen LogP contribution is -2.08. The smallest absolute Gasteiger partial charge is 0.313 e. The SMILES string of the molecule is CC(=O)CC(=O)OCC=CCN. The van der Waals surface area contributed by atoms with E-state index in [9.17, 15) is 9.59 Å². The summed E-state index contributed by atoms with van der Waals surface area (Å²) in [6.07, 6.45) is 3.16. The molecule has 0 aliphatic carbocycles. The Morgan fingerprint density at radius 2 is 2.08 bits per heavy atom. The highest BCUT2D eigenvalue weighted by Gasteiger charge is 2.03. The summed E-state index contributed by atoms with van der Waals surface area (Å²) in [5, 5.41) is 0. The lowest BCUT2D eigenvalue weighted by Gasteiger charge is -1.97. The molecule has 12 heavy (non-hydrogen) atoms. The fraction of sp³-hybridized carbons (Fsp3) is 0.500. The van der Waals surface area contributed by atoms with Crippen molar-refractivity contribution in [1.29, 1.82) is 0 Å². The van der Waals surface area contributed by atoms with Crippen molar-refractivity contribution in [3.63, 3.8) is 0 Å². The molecule has 0 aromatic rings. The van der Waals surface area contributed by atoms with Crippen LogP contribution >= 0.6 is 0 Å². The number of esters is 1. The molecule has 0 aromatic heterocycles. The zero-order valence-corrected chi connectivity index (χ0v) is 7.08. The van der Waals surface area contributed by atoms with Crippen molar-refractivity contribution in [3.05, 3.63) is 12.2 Å². The van der Waals surface area contributed by atoms with E-state index in [1.165, 1.54) is 6.92 Å². The molecule has 0 radical (unpaired) electrons. The van der Waals surface area contributed by atoms with Crippen LogP contribution in [0.3, 0.4) is 0 Å². The first-order valence-electron chi connectivity index (χ1n) is 3.67. The predicted molar refractivity (Wildman–Crippen MR) is 44.5 cm³/mol. The summed E-state index contributed by atoms with van der Waals surface area (Å²) in [5.41, 5.74) is 5.14. The van der Waals surface area contributed by atoms with Crippen LogP contribution in [-0.4, -0.2) is 24.9 Å². The number of Topliss-reactive ketones (excluding diaryl/α,β-unsaturated/α-hetero) is 1. The topological polar surface area (TPSA) is 69.4 Å². The average Bonchev–Trinajstić information content (AvgIpc) is 1.97. The van der Waals surface area contributed by atoms with Crippen molar-refractivity contribution in [2.45, 2.75) is 13.3 Å². The molecule has 68 valence electrons. The molecule has 4 nitrogen and oxygen atoms in total. The van der Waals surface area contributed by atoms with Gasteiger partial charge < -0.3 is 10.5 Å². The molecule has 2 N–H and O–H groups in total. The standard InChI is InChI=1S/C8H13NO3/c1-7(10)6-8(11)12-5-3-2-4-9/h2-3H,4-6,9H2,1H3. The number of carbonyl (C=O) groups excluding carboxylic acids is 2. The molecule has 0 heterocycles. The molecule has 0 spiro atoms. The lowest BCUT2D eigenvalue weighted by atomic mass is 10.3. The van der Waals surface area contributed by atoms with Crippen LogP contribution in [0.2, 0.25) is 0 Å². The number of ether oxygens (including phenoxy) is 1. The van der Waals surface area contributed by atoms with Crippen molar-refractivity contribution in [2.24, 2.45) is 5.73 Å². The van der Waals surface area contributed by atoms with Crippen molar-refractivity contribution >= 4 is 11.8 Å². The van der Waals surface area contributed by atoms with Crippen LogP contribution in [0.4, 0.5) is 0 Å². The van der Waals surface area contributed by atoms with Gasteiger partial charge in [0.2, 0.25) is 0 Å². The molecule has 0 rings (SSSR count). The zero-order chi connectivity index (χ0) is 9.40. The van der Waals surface area contributed by atoms with E-state index in [4.69, 9.17) is 5.73 Å². The fourth-order valence-electron chi connectivity index (χ4n) is 0.560. The summed E-state index contributed by atoms with van der Waals surface area (Å²) in [6.45, 7) is 1.95. The fourth-order valence-corrected chi connectivity index (χ4v) is 0.560. The Hall–Kier alpha value is -1.16. The molecule has 0 fully saturated rings. The summed E-state index contributed by atoms with van der Waals surface area (Å²) >= 11 is 0. The average molecular weight is 171 g/mol. The summed E-state index contributed by atoms with van der Waals surface area (Å²) in [7, 11) is 0. The molecule has 0 atom stereocenters. The van der Waals surface area contributed by atoms with Crippen LogP contribution in [0.15, 0.2) is 12.2 Å². The molecule has 0 unspecified atom stereocenters. The van der Waals surface area contributed by atoms with Crippen LogP contribution in [0.25, 0.3) is 0 Å². The minimum absolute atomic E-state index is 0.156. The molecule has 0 aliphatic rings. The number of rotatable bonds is 5. The van der Waals surface area contributed by atoms with Gasteiger partial charge in [-0.2, -0.15) is 0 Å². The molecule has 0 saturated carbocycles. The quantitative estimate of drug-likeness (QED) is 0.360. The van der Waals surface area contributed by atoms with E-state index in [0.29, 0.717) is 6.54 Å². The highest BCUT2D eigenvalue weighted by atomic mass is 16.5. The van der Waals surface area contributed by atoms with E-state index in [1.54, 1.807) is 12.2 Å². The van der Waals surface area contributed by atoms with Crippen LogP contribution in [-0.2, 0) is 14.3 Å². The Labute approximate surface area is 71.4 Å². The third kappa shape index (κ3) is 6.95. The lowest BCUT2D eigenvalue weighted by molar-refractivity contribution is -0.144. The minimum Gasteiger partial charge on any atom is -0.461 e. The molecule has 0 saturated heterocycles. The van der Waals surface area contributed by atoms with Gasteiger partial charge in [0.25, 0.3) is 0 Å². The van der Waals surface area contributed by atoms with Gasteiger partial charge in [-0.1, -0.05) is 6.08 Å². The monoisotopic (exact) mass is 171 g/mol. The Balaban J connectivity index is 3.44. The number of hydrogen-bond donors (Lipinski definition) is 1. The van der Waals surface area contributed by atoms with Gasteiger partial charge in [-0.15, -0.1) is 0 Å². The van der Waals surface area contributed by atoms with E-state index in [0.717, 1.165) is 0 Å². The number of nitrogens with two attached hydrogens (primary N) is 1. The molecule has 0 amide bonds. The summed E-state index contributed by atoms with van der Waals surface area (Å²) in [5.74, 6) is -0.688. The normalized spacial score (nSPS) is 10.2. The zero-order valence-electron chi connectivity index (χ0n) is 7.08. The van der Waals surface area contributed by atoms with E-state index in [-0.39, 0.29) is 18.8 Å². The van der Waals surface area contributed by atoms with Gasteiger partial charge in [-0.3, -0.25) is 9.59 Å². The molecule has 0 bridgehead atoms. The largest absolute Gasteiger partial charge is 0.461 e. The van der Waals surface area contributed by atoms with Gasteiger partial charge in [0, 0.05) is 6.54 Å². The highest BCUT2D eigenvalue weighted by Crippen LogP contribution is 1.87. The van der Waals surface area contributed by atoms with Gasteiger partial charge in [-0.25, -0.2) is 0 Å². The van der Waals surface area contributed by atoms with Crippen molar-refractivity contribution < 1.29 is 14.3 Å².